The molecule has 6 heteroatoms. The van der Waals surface area contributed by atoms with E-state index in [1.807, 2.05) is 12.5 Å². The Morgan fingerprint density at radius 1 is 1.11 bits per heavy atom. The maximum absolute atomic E-state index is 4.28. The van der Waals surface area contributed by atoms with Gasteiger partial charge in [-0.3, -0.25) is 4.99 Å². The molecule has 2 aromatic carbocycles. The van der Waals surface area contributed by atoms with E-state index < -0.39 is 0 Å². The van der Waals surface area contributed by atoms with Crippen LogP contribution in [0.15, 0.2) is 72.2 Å². The Balaban J connectivity index is 0.00000280. The molecule has 0 aliphatic heterocycles. The molecule has 0 saturated carbocycles. The molecule has 0 radical (unpaired) electrons. The summed E-state index contributed by atoms with van der Waals surface area (Å²) in [6, 6.07) is 17.6. The standard InChI is InChI=1S/C22H27N5.HI/c1-17(2)26-22(23-3)25-14-20-6-4-5-7-21(20)19-10-8-18(9-11-19)15-27-13-12-24-16-27;/h4-13,16-17H,14-15H2,1-3H3,(H2,23,25,26);1H. The second-order valence-electron chi connectivity index (χ2n) is 6.81. The Labute approximate surface area is 184 Å². The quantitative estimate of drug-likeness (QED) is 0.309. The van der Waals surface area contributed by atoms with Gasteiger partial charge in [0.1, 0.15) is 0 Å². The van der Waals surface area contributed by atoms with Crippen molar-refractivity contribution in [2.75, 3.05) is 7.05 Å². The van der Waals surface area contributed by atoms with Crippen LogP contribution in [0.5, 0.6) is 0 Å². The summed E-state index contributed by atoms with van der Waals surface area (Å²) in [6.45, 7) is 5.76. The van der Waals surface area contributed by atoms with Crippen molar-refractivity contribution in [3.8, 4) is 11.1 Å². The van der Waals surface area contributed by atoms with Gasteiger partial charge in [-0.25, -0.2) is 4.98 Å². The number of hydrogen-bond acceptors (Lipinski definition) is 2. The summed E-state index contributed by atoms with van der Waals surface area (Å²) in [6.07, 6.45) is 5.62. The maximum Gasteiger partial charge on any atom is 0.191 e. The molecule has 3 aromatic rings. The molecule has 148 valence electrons. The fourth-order valence-corrected chi connectivity index (χ4v) is 2.98. The first-order valence-electron chi connectivity index (χ1n) is 9.26. The van der Waals surface area contributed by atoms with Gasteiger partial charge in [0.05, 0.1) is 6.33 Å². The molecule has 3 rings (SSSR count). The van der Waals surface area contributed by atoms with Crippen LogP contribution < -0.4 is 10.6 Å². The van der Waals surface area contributed by atoms with Crippen LogP contribution in [0.25, 0.3) is 11.1 Å². The summed E-state index contributed by atoms with van der Waals surface area (Å²) in [5, 5.41) is 6.72. The van der Waals surface area contributed by atoms with Gasteiger partial charge in [-0.1, -0.05) is 48.5 Å². The Hall–Kier alpha value is -2.35. The van der Waals surface area contributed by atoms with Crippen molar-refractivity contribution >= 4 is 29.9 Å². The number of rotatable bonds is 6. The van der Waals surface area contributed by atoms with E-state index in [0.29, 0.717) is 6.04 Å². The van der Waals surface area contributed by atoms with Gasteiger partial charge in [-0.15, -0.1) is 24.0 Å². The second-order valence-corrected chi connectivity index (χ2v) is 6.81. The third kappa shape index (κ3) is 6.09. The molecule has 28 heavy (non-hydrogen) atoms. The maximum atomic E-state index is 4.28. The van der Waals surface area contributed by atoms with E-state index in [1.165, 1.54) is 22.3 Å². The van der Waals surface area contributed by atoms with Crippen molar-refractivity contribution in [3.63, 3.8) is 0 Å². The van der Waals surface area contributed by atoms with Crippen molar-refractivity contribution in [1.82, 2.24) is 20.2 Å². The number of halogens is 1. The number of nitrogens with zero attached hydrogens (tertiary/aromatic N) is 3. The highest BCUT2D eigenvalue weighted by atomic mass is 127. The van der Waals surface area contributed by atoms with Gasteiger partial charge in [-0.05, 0) is 36.1 Å². The molecule has 1 heterocycles. The van der Waals surface area contributed by atoms with Crippen molar-refractivity contribution in [3.05, 3.63) is 78.4 Å². The average Bonchev–Trinajstić information content (AvgIpc) is 3.19. The lowest BCUT2D eigenvalue weighted by molar-refractivity contribution is 0.699. The number of hydrogen-bond donors (Lipinski definition) is 2. The van der Waals surface area contributed by atoms with E-state index in [1.54, 1.807) is 13.2 Å². The van der Waals surface area contributed by atoms with Crippen molar-refractivity contribution in [2.24, 2.45) is 4.99 Å². The first-order chi connectivity index (χ1) is 13.2. The smallest absolute Gasteiger partial charge is 0.191 e. The number of imidazole rings is 1. The molecule has 0 saturated heterocycles. The van der Waals surface area contributed by atoms with E-state index in [4.69, 9.17) is 0 Å². The van der Waals surface area contributed by atoms with Crippen molar-refractivity contribution in [2.45, 2.75) is 33.0 Å². The van der Waals surface area contributed by atoms with Gasteiger partial charge >= 0.3 is 0 Å². The summed E-state index contributed by atoms with van der Waals surface area (Å²) in [5.74, 6) is 0.815. The van der Waals surface area contributed by atoms with Crippen LogP contribution in [0.2, 0.25) is 0 Å². The van der Waals surface area contributed by atoms with Crippen LogP contribution in [0.3, 0.4) is 0 Å². The number of aromatic nitrogens is 2. The van der Waals surface area contributed by atoms with Crippen LogP contribution in [-0.4, -0.2) is 28.6 Å². The molecule has 0 aliphatic carbocycles. The van der Waals surface area contributed by atoms with E-state index in [-0.39, 0.29) is 24.0 Å². The van der Waals surface area contributed by atoms with Gasteiger partial charge < -0.3 is 15.2 Å². The summed E-state index contributed by atoms with van der Waals surface area (Å²) in [5.41, 5.74) is 4.95. The van der Waals surface area contributed by atoms with Gasteiger partial charge in [0, 0.05) is 38.6 Å². The van der Waals surface area contributed by atoms with Crippen molar-refractivity contribution < 1.29 is 0 Å². The zero-order valence-corrected chi connectivity index (χ0v) is 18.9. The van der Waals surface area contributed by atoms with Crippen LogP contribution in [0, 0.1) is 0 Å². The molecule has 2 N–H and O–H groups in total. The lowest BCUT2D eigenvalue weighted by Gasteiger charge is -2.16. The summed E-state index contributed by atoms with van der Waals surface area (Å²) < 4.78 is 2.07. The molecular weight excluding hydrogens is 461 g/mol. The minimum atomic E-state index is 0. The van der Waals surface area contributed by atoms with Crippen LogP contribution in [0.1, 0.15) is 25.0 Å². The Bertz CT molecular complexity index is 870. The number of nitrogens with one attached hydrogen (secondary N) is 2. The SMILES string of the molecule is CN=C(NCc1ccccc1-c1ccc(Cn2ccnc2)cc1)NC(C)C.I. The van der Waals surface area contributed by atoms with E-state index in [9.17, 15) is 0 Å². The lowest BCUT2D eigenvalue weighted by atomic mass is 9.98. The normalized spacial score (nSPS) is 11.2. The van der Waals surface area contributed by atoms with Crippen LogP contribution >= 0.6 is 24.0 Å². The molecule has 0 unspecified atom stereocenters. The number of guanidine groups is 1. The molecule has 0 spiro atoms. The zero-order chi connectivity index (χ0) is 19.1. The Morgan fingerprint density at radius 3 is 2.50 bits per heavy atom. The highest BCUT2D eigenvalue weighted by molar-refractivity contribution is 14.0. The topological polar surface area (TPSA) is 54.2 Å². The van der Waals surface area contributed by atoms with Crippen LogP contribution in [-0.2, 0) is 13.1 Å². The van der Waals surface area contributed by atoms with E-state index in [0.717, 1.165) is 19.0 Å². The molecule has 1 aromatic heterocycles. The van der Waals surface area contributed by atoms with Gasteiger partial charge in [0.15, 0.2) is 5.96 Å². The van der Waals surface area contributed by atoms with Gasteiger partial charge in [0.2, 0.25) is 0 Å². The molecule has 5 nitrogen and oxygen atoms in total. The predicted molar refractivity (Wildman–Crippen MR) is 127 cm³/mol. The van der Waals surface area contributed by atoms with E-state index in [2.05, 4.69) is 87.6 Å². The largest absolute Gasteiger partial charge is 0.354 e. The minimum Gasteiger partial charge on any atom is -0.354 e. The molecular formula is C22H28IN5. The Morgan fingerprint density at radius 2 is 1.86 bits per heavy atom. The summed E-state index contributed by atoms with van der Waals surface area (Å²) >= 11 is 0. The average molecular weight is 489 g/mol. The highest BCUT2D eigenvalue weighted by Crippen LogP contribution is 2.24. The fraction of sp³-hybridized carbons (Fsp3) is 0.273. The fourth-order valence-electron chi connectivity index (χ4n) is 2.98. The molecule has 0 aliphatic rings. The van der Waals surface area contributed by atoms with Crippen molar-refractivity contribution in [1.29, 1.82) is 0 Å². The zero-order valence-electron chi connectivity index (χ0n) is 16.6. The minimum absolute atomic E-state index is 0. The third-order valence-corrected chi connectivity index (χ3v) is 4.30. The van der Waals surface area contributed by atoms with Crippen LogP contribution in [0.4, 0.5) is 0 Å². The second kappa shape index (κ2) is 10.8. The molecule has 0 atom stereocenters. The van der Waals surface area contributed by atoms with Gasteiger partial charge in [-0.2, -0.15) is 0 Å². The highest BCUT2D eigenvalue weighted by Gasteiger charge is 2.07. The third-order valence-electron chi connectivity index (χ3n) is 4.30. The number of aliphatic imine (C=N–C) groups is 1. The first-order valence-corrected chi connectivity index (χ1v) is 9.26. The summed E-state index contributed by atoms with van der Waals surface area (Å²) in [7, 11) is 1.79. The Kier molecular flexibility index (Phi) is 8.50. The summed E-state index contributed by atoms with van der Waals surface area (Å²) in [4.78, 5) is 8.38. The molecule has 0 fully saturated rings. The predicted octanol–water partition coefficient (Wildman–Crippen LogP) is 4.29. The molecule has 0 amide bonds. The first kappa shape index (κ1) is 21.9. The monoisotopic (exact) mass is 489 g/mol. The van der Waals surface area contributed by atoms with E-state index >= 15 is 0 Å². The number of benzene rings is 2. The van der Waals surface area contributed by atoms with Gasteiger partial charge in [0.25, 0.3) is 0 Å². The lowest BCUT2D eigenvalue weighted by Crippen LogP contribution is -2.40. The molecule has 0 bridgehead atoms.